The van der Waals surface area contributed by atoms with Crippen LogP contribution in [0.15, 0.2) is 47.3 Å². The number of nitrogens with zero attached hydrogens (tertiary/aromatic N) is 2. The molecule has 0 saturated carbocycles. The van der Waals surface area contributed by atoms with Gasteiger partial charge in [-0.25, -0.2) is 9.78 Å². The van der Waals surface area contributed by atoms with Gasteiger partial charge in [0.2, 0.25) is 0 Å². The van der Waals surface area contributed by atoms with Gasteiger partial charge in [-0.2, -0.15) is 0 Å². The molecule has 0 saturated heterocycles. The molecule has 0 N–H and O–H groups in total. The summed E-state index contributed by atoms with van der Waals surface area (Å²) in [4.78, 5) is 30.3. The first-order valence-corrected chi connectivity index (χ1v) is 9.80. The molecule has 2 aromatic carbocycles. The standard InChI is InChI=1S/C23H17ClN2O3/c1-12-6-7-19-16(8-12)17(10-24)18-11-26-20(21(18)25-19)9-15-13(22(26)27)4-3-5-14(15)23(28)29-2/h3-9H,10-11H2,1-2H3. The van der Waals surface area contributed by atoms with Crippen LogP contribution in [0.3, 0.4) is 0 Å². The highest BCUT2D eigenvalue weighted by molar-refractivity contribution is 6.18. The van der Waals surface area contributed by atoms with Crippen LogP contribution in [0.5, 0.6) is 0 Å². The van der Waals surface area contributed by atoms with E-state index in [2.05, 4.69) is 6.07 Å². The van der Waals surface area contributed by atoms with Crippen LogP contribution in [0.1, 0.15) is 27.0 Å². The Labute approximate surface area is 171 Å². The molecule has 0 unspecified atom stereocenters. The van der Waals surface area contributed by atoms with Crippen molar-refractivity contribution in [3.63, 3.8) is 0 Å². The number of fused-ring (bicyclic) bond motifs is 5. The summed E-state index contributed by atoms with van der Waals surface area (Å²) in [6.45, 7) is 2.45. The van der Waals surface area contributed by atoms with Gasteiger partial charge in [0.1, 0.15) is 0 Å². The molecule has 0 radical (unpaired) electrons. The number of carbonyl (C=O) groups is 1. The molecule has 6 heteroatoms. The number of hydrogen-bond acceptors (Lipinski definition) is 4. The van der Waals surface area contributed by atoms with Crippen LogP contribution >= 0.6 is 11.6 Å². The lowest BCUT2D eigenvalue weighted by Gasteiger charge is -2.10. The Morgan fingerprint density at radius 3 is 2.76 bits per heavy atom. The van der Waals surface area contributed by atoms with E-state index in [1.165, 1.54) is 7.11 Å². The van der Waals surface area contributed by atoms with Crippen LogP contribution < -0.4 is 5.56 Å². The molecular weight excluding hydrogens is 388 g/mol. The Balaban J connectivity index is 1.88. The first kappa shape index (κ1) is 17.9. The van der Waals surface area contributed by atoms with Gasteiger partial charge in [-0.1, -0.05) is 17.7 Å². The molecule has 1 aliphatic rings. The van der Waals surface area contributed by atoms with E-state index in [1.807, 2.05) is 25.1 Å². The first-order valence-electron chi connectivity index (χ1n) is 9.27. The quantitative estimate of drug-likeness (QED) is 0.323. The number of hydrogen-bond donors (Lipinski definition) is 0. The third-order valence-electron chi connectivity index (χ3n) is 5.61. The molecule has 4 aromatic rings. The zero-order chi connectivity index (χ0) is 20.3. The number of alkyl halides is 1. The molecule has 2 aromatic heterocycles. The van der Waals surface area contributed by atoms with Crippen molar-refractivity contribution in [2.24, 2.45) is 0 Å². The fourth-order valence-electron chi connectivity index (χ4n) is 4.19. The lowest BCUT2D eigenvalue weighted by atomic mass is 10.00. The minimum absolute atomic E-state index is 0.151. The van der Waals surface area contributed by atoms with Crippen LogP contribution in [-0.4, -0.2) is 22.6 Å². The SMILES string of the molecule is COC(=O)c1cccc2c(=O)n3c(cc12)-c1nc2ccc(C)cc2c(CCl)c1C3. The predicted octanol–water partition coefficient (Wildman–Crippen LogP) is 4.41. The van der Waals surface area contributed by atoms with Crippen molar-refractivity contribution in [2.75, 3.05) is 7.11 Å². The van der Waals surface area contributed by atoms with Gasteiger partial charge in [0.25, 0.3) is 5.56 Å². The van der Waals surface area contributed by atoms with Crippen LogP contribution in [0.25, 0.3) is 33.1 Å². The molecule has 0 spiro atoms. The molecule has 5 rings (SSSR count). The van der Waals surface area contributed by atoms with Gasteiger partial charge in [-0.15, -0.1) is 11.6 Å². The summed E-state index contributed by atoms with van der Waals surface area (Å²) in [6, 6.07) is 13.0. The van der Waals surface area contributed by atoms with E-state index in [4.69, 9.17) is 21.3 Å². The molecule has 0 fully saturated rings. The Hall–Kier alpha value is -3.18. The number of halogens is 1. The van der Waals surface area contributed by atoms with Gasteiger partial charge in [0.05, 0.1) is 36.1 Å². The lowest BCUT2D eigenvalue weighted by Crippen LogP contribution is -2.20. The number of methoxy groups -OCH3 is 1. The Kier molecular flexibility index (Phi) is 3.96. The zero-order valence-corrected chi connectivity index (χ0v) is 16.7. The summed E-state index contributed by atoms with van der Waals surface area (Å²) in [5.41, 5.74) is 5.59. The number of aromatic nitrogens is 2. The molecule has 0 aliphatic carbocycles. The molecule has 3 heterocycles. The van der Waals surface area contributed by atoms with Crippen molar-refractivity contribution in [2.45, 2.75) is 19.3 Å². The second-order valence-corrected chi connectivity index (χ2v) is 7.52. The van der Waals surface area contributed by atoms with Crippen molar-refractivity contribution in [3.8, 4) is 11.4 Å². The van der Waals surface area contributed by atoms with E-state index in [1.54, 1.807) is 22.8 Å². The van der Waals surface area contributed by atoms with E-state index in [0.717, 1.165) is 33.3 Å². The van der Waals surface area contributed by atoms with Gasteiger partial charge in [-0.3, -0.25) is 4.79 Å². The Morgan fingerprint density at radius 1 is 1.17 bits per heavy atom. The lowest BCUT2D eigenvalue weighted by molar-refractivity contribution is 0.0603. The average molecular weight is 405 g/mol. The molecule has 5 nitrogen and oxygen atoms in total. The molecule has 0 bridgehead atoms. The maximum Gasteiger partial charge on any atom is 0.338 e. The average Bonchev–Trinajstić information content (AvgIpc) is 3.10. The van der Waals surface area contributed by atoms with Gasteiger partial charge < -0.3 is 9.30 Å². The maximum absolute atomic E-state index is 13.2. The van der Waals surface area contributed by atoms with E-state index < -0.39 is 5.97 Å². The highest BCUT2D eigenvalue weighted by Gasteiger charge is 2.27. The molecule has 0 atom stereocenters. The number of pyridine rings is 2. The minimum atomic E-state index is -0.471. The van der Waals surface area contributed by atoms with Crippen LogP contribution in [-0.2, 0) is 17.2 Å². The van der Waals surface area contributed by atoms with E-state index in [-0.39, 0.29) is 5.56 Å². The maximum atomic E-state index is 13.2. The highest BCUT2D eigenvalue weighted by atomic mass is 35.5. The summed E-state index contributed by atoms with van der Waals surface area (Å²) in [5, 5.41) is 2.07. The zero-order valence-electron chi connectivity index (χ0n) is 16.0. The van der Waals surface area contributed by atoms with Gasteiger partial charge in [0, 0.05) is 27.6 Å². The summed E-state index contributed by atoms with van der Waals surface area (Å²) in [5.74, 6) is -0.137. The predicted molar refractivity (Wildman–Crippen MR) is 114 cm³/mol. The summed E-state index contributed by atoms with van der Waals surface area (Å²) in [6.07, 6.45) is 0. The number of ether oxygens (including phenoxy) is 1. The van der Waals surface area contributed by atoms with Crippen molar-refractivity contribution < 1.29 is 9.53 Å². The molecule has 1 aliphatic heterocycles. The van der Waals surface area contributed by atoms with Gasteiger partial charge in [-0.05, 0) is 42.8 Å². The topological polar surface area (TPSA) is 61.2 Å². The van der Waals surface area contributed by atoms with Crippen molar-refractivity contribution in [1.82, 2.24) is 9.55 Å². The summed E-state index contributed by atoms with van der Waals surface area (Å²) < 4.78 is 6.61. The number of carbonyl (C=O) groups excluding carboxylic acids is 1. The summed E-state index contributed by atoms with van der Waals surface area (Å²) in [7, 11) is 1.33. The normalized spacial score (nSPS) is 12.2. The van der Waals surface area contributed by atoms with Crippen molar-refractivity contribution >= 4 is 39.2 Å². The number of aryl methyl sites for hydroxylation is 1. The second kappa shape index (κ2) is 6.42. The van der Waals surface area contributed by atoms with Crippen LogP contribution in [0, 0.1) is 6.92 Å². The molecule has 144 valence electrons. The highest BCUT2D eigenvalue weighted by Crippen LogP contribution is 2.37. The van der Waals surface area contributed by atoms with Gasteiger partial charge in [0.15, 0.2) is 0 Å². The van der Waals surface area contributed by atoms with Crippen LogP contribution in [0.4, 0.5) is 0 Å². The first-order chi connectivity index (χ1) is 14.0. The fraction of sp³-hybridized carbons (Fsp3) is 0.174. The molecular formula is C23H17ClN2O3. The number of benzene rings is 2. The van der Waals surface area contributed by atoms with E-state index >= 15 is 0 Å². The number of esters is 1. The third kappa shape index (κ3) is 2.51. The van der Waals surface area contributed by atoms with Gasteiger partial charge >= 0.3 is 5.97 Å². The van der Waals surface area contributed by atoms with Crippen molar-refractivity contribution in [3.05, 3.63) is 75.1 Å². The fourth-order valence-corrected chi connectivity index (χ4v) is 4.50. The monoisotopic (exact) mass is 404 g/mol. The van der Waals surface area contributed by atoms with E-state index in [9.17, 15) is 9.59 Å². The Bertz CT molecular complexity index is 1410. The third-order valence-corrected chi connectivity index (χ3v) is 5.88. The van der Waals surface area contributed by atoms with E-state index in [0.29, 0.717) is 34.5 Å². The second-order valence-electron chi connectivity index (χ2n) is 7.25. The largest absolute Gasteiger partial charge is 0.465 e. The summed E-state index contributed by atoms with van der Waals surface area (Å²) >= 11 is 6.34. The molecule has 29 heavy (non-hydrogen) atoms. The molecule has 0 amide bonds. The smallest absolute Gasteiger partial charge is 0.338 e. The van der Waals surface area contributed by atoms with Crippen LogP contribution in [0.2, 0.25) is 0 Å². The van der Waals surface area contributed by atoms with Crippen molar-refractivity contribution in [1.29, 1.82) is 0 Å². The number of rotatable bonds is 2. The minimum Gasteiger partial charge on any atom is -0.465 e. The Morgan fingerprint density at radius 2 is 2.00 bits per heavy atom.